The minimum Gasteiger partial charge on any atom is -0.423 e. The van der Waals surface area contributed by atoms with E-state index in [2.05, 4.69) is 46.5 Å². The molecule has 0 radical (unpaired) electrons. The van der Waals surface area contributed by atoms with E-state index in [0.29, 0.717) is 30.6 Å². The van der Waals surface area contributed by atoms with Crippen LogP contribution in [-0.4, -0.2) is 39.6 Å². The Kier molecular flexibility index (Phi) is 8.95. The summed E-state index contributed by atoms with van der Waals surface area (Å²) in [6, 6.07) is 0. The van der Waals surface area contributed by atoms with Crippen molar-refractivity contribution in [3.8, 4) is 11.8 Å². The van der Waals surface area contributed by atoms with Crippen molar-refractivity contribution in [2.24, 2.45) is 10.8 Å². The van der Waals surface area contributed by atoms with E-state index in [1.807, 2.05) is 69.4 Å². The molecule has 0 aromatic carbocycles. The largest absolute Gasteiger partial charge is 0.423 e. The van der Waals surface area contributed by atoms with E-state index in [1.165, 1.54) is 5.57 Å². The van der Waals surface area contributed by atoms with Crippen LogP contribution in [0.5, 0.6) is 0 Å². The minimum atomic E-state index is -0.491. The third kappa shape index (κ3) is 6.73. The number of carbonyl (C=O) groups is 1. The molecule has 2 fully saturated rings. The molecule has 0 aromatic heterocycles. The molecule has 2 N–H and O–H groups in total. The summed E-state index contributed by atoms with van der Waals surface area (Å²) >= 11 is 0. The zero-order valence-electron chi connectivity index (χ0n) is 26.4. The maximum Gasteiger partial charge on any atom is 0.343 e. The Bertz CT molecular complexity index is 1430. The van der Waals surface area contributed by atoms with Gasteiger partial charge in [0.15, 0.2) is 0 Å². The SMILES string of the molecule is CC1=C(C#C/C(C)=C/C=C/C=C/C=C(C)/C=C2C=C(/C=C/C34OC3(C)CC(O)CC4(C)C)C(=O)O\2)C(C)(C)CC(O)C1. The Morgan fingerprint density at radius 1 is 0.976 bits per heavy atom. The summed E-state index contributed by atoms with van der Waals surface area (Å²) in [5.41, 5.74) is 3.47. The highest BCUT2D eigenvalue weighted by atomic mass is 16.6. The van der Waals surface area contributed by atoms with Crippen LogP contribution in [0.15, 0.2) is 94.4 Å². The van der Waals surface area contributed by atoms with Crippen LogP contribution < -0.4 is 0 Å². The number of hydrogen-bond acceptors (Lipinski definition) is 5. The molecular weight excluding hydrogens is 524 g/mol. The average Bonchev–Trinajstić information content (AvgIpc) is 3.32. The second-order valence-corrected chi connectivity index (χ2v) is 13.8. The van der Waals surface area contributed by atoms with E-state index in [0.717, 1.165) is 23.1 Å². The molecule has 0 amide bonds. The van der Waals surface area contributed by atoms with Gasteiger partial charge in [-0.2, -0.15) is 0 Å². The number of rotatable bonds is 6. The molecule has 5 nitrogen and oxygen atoms in total. The van der Waals surface area contributed by atoms with Crippen molar-refractivity contribution in [3.63, 3.8) is 0 Å². The van der Waals surface area contributed by atoms with Gasteiger partial charge in [0, 0.05) is 22.8 Å². The highest BCUT2D eigenvalue weighted by Crippen LogP contribution is 2.66. The molecule has 4 unspecified atom stereocenters. The predicted octanol–water partition coefficient (Wildman–Crippen LogP) is 7.12. The van der Waals surface area contributed by atoms with Gasteiger partial charge in [0.1, 0.15) is 17.0 Å². The second-order valence-electron chi connectivity index (χ2n) is 13.8. The first kappa shape index (κ1) is 31.8. The van der Waals surface area contributed by atoms with Crippen molar-refractivity contribution < 1.29 is 24.5 Å². The molecule has 0 bridgehead atoms. The van der Waals surface area contributed by atoms with Gasteiger partial charge in [-0.25, -0.2) is 4.79 Å². The number of hydrogen-bond donors (Lipinski definition) is 2. The molecule has 2 aliphatic heterocycles. The molecule has 4 aliphatic rings. The van der Waals surface area contributed by atoms with Crippen LogP contribution in [0, 0.1) is 22.7 Å². The third-order valence-electron chi connectivity index (χ3n) is 8.93. The summed E-state index contributed by atoms with van der Waals surface area (Å²) in [5, 5.41) is 20.3. The predicted molar refractivity (Wildman–Crippen MR) is 168 cm³/mol. The zero-order valence-corrected chi connectivity index (χ0v) is 26.4. The van der Waals surface area contributed by atoms with E-state index in [-0.39, 0.29) is 29.0 Å². The van der Waals surface area contributed by atoms with Crippen LogP contribution in [-0.2, 0) is 14.3 Å². The number of carbonyl (C=O) groups excluding carboxylic acids is 1. The summed E-state index contributed by atoms with van der Waals surface area (Å²) in [4.78, 5) is 12.5. The maximum absolute atomic E-state index is 12.5. The number of aliphatic hydroxyl groups excluding tert-OH is 2. The third-order valence-corrected chi connectivity index (χ3v) is 8.93. The highest BCUT2D eigenvalue weighted by molar-refractivity contribution is 5.95. The van der Waals surface area contributed by atoms with E-state index >= 15 is 0 Å². The Labute approximate surface area is 251 Å². The van der Waals surface area contributed by atoms with Crippen molar-refractivity contribution in [2.45, 2.75) is 104 Å². The quantitative estimate of drug-likeness (QED) is 0.154. The fourth-order valence-electron chi connectivity index (χ4n) is 6.96. The van der Waals surface area contributed by atoms with Gasteiger partial charge in [0.05, 0.1) is 17.8 Å². The lowest BCUT2D eigenvalue weighted by Gasteiger charge is -2.39. The zero-order chi connectivity index (χ0) is 30.9. The van der Waals surface area contributed by atoms with Crippen LogP contribution in [0.25, 0.3) is 0 Å². The van der Waals surface area contributed by atoms with E-state index < -0.39 is 11.2 Å². The summed E-state index contributed by atoms with van der Waals surface area (Å²) in [5.74, 6) is 6.73. The summed E-state index contributed by atoms with van der Waals surface area (Å²) < 4.78 is 11.6. The summed E-state index contributed by atoms with van der Waals surface area (Å²) in [6.45, 7) is 16.5. The Balaban J connectivity index is 1.34. The molecule has 4 atom stereocenters. The smallest absolute Gasteiger partial charge is 0.343 e. The number of ether oxygens (including phenoxy) is 2. The van der Waals surface area contributed by atoms with Gasteiger partial charge in [-0.05, 0) is 82.4 Å². The van der Waals surface area contributed by atoms with Crippen LogP contribution in [0.3, 0.4) is 0 Å². The van der Waals surface area contributed by atoms with Crippen molar-refractivity contribution in [3.05, 3.63) is 94.4 Å². The average molecular weight is 571 g/mol. The van der Waals surface area contributed by atoms with Gasteiger partial charge in [-0.1, -0.05) is 81.6 Å². The fourth-order valence-corrected chi connectivity index (χ4v) is 6.96. The van der Waals surface area contributed by atoms with Crippen LogP contribution >= 0.6 is 0 Å². The summed E-state index contributed by atoms with van der Waals surface area (Å²) in [6.07, 6.45) is 21.1. The monoisotopic (exact) mass is 570 g/mol. The first-order valence-electron chi connectivity index (χ1n) is 14.9. The van der Waals surface area contributed by atoms with Crippen molar-refractivity contribution >= 4 is 5.97 Å². The molecule has 0 aromatic rings. The molecule has 1 saturated heterocycles. The van der Waals surface area contributed by atoms with Gasteiger partial charge < -0.3 is 19.7 Å². The molecule has 42 heavy (non-hydrogen) atoms. The topological polar surface area (TPSA) is 79.3 Å². The Morgan fingerprint density at radius 3 is 2.33 bits per heavy atom. The number of allylic oxidation sites excluding steroid dienone is 11. The minimum absolute atomic E-state index is 0.108. The lowest BCUT2D eigenvalue weighted by molar-refractivity contribution is -0.132. The van der Waals surface area contributed by atoms with Gasteiger partial charge in [-0.3, -0.25) is 0 Å². The normalized spacial score (nSPS) is 33.7. The van der Waals surface area contributed by atoms with Crippen LogP contribution in [0.4, 0.5) is 0 Å². The standard InChI is InChI=1S/C37H46O5/c1-25(15-16-32-27(3)20-29(38)22-34(32,4)5)13-11-9-10-12-14-26(2)19-31-21-28(33(40)41-31)17-18-37-35(6,7)23-30(39)24-36(37,8)42-37/h9-14,17-19,21,29-30,38-39H,20,22-24H2,1-8H3/b11-9+,12-10+,18-17+,25-13+,26-14+,31-19+. The van der Waals surface area contributed by atoms with Crippen molar-refractivity contribution in [1.82, 2.24) is 0 Å². The van der Waals surface area contributed by atoms with Gasteiger partial charge in [-0.15, -0.1) is 0 Å². The Hall–Kier alpha value is -3.17. The van der Waals surface area contributed by atoms with Crippen LogP contribution in [0.2, 0.25) is 0 Å². The van der Waals surface area contributed by atoms with Gasteiger partial charge >= 0.3 is 5.97 Å². The van der Waals surface area contributed by atoms with E-state index in [1.54, 1.807) is 12.2 Å². The lowest BCUT2D eigenvalue weighted by Crippen LogP contribution is -2.46. The molecule has 2 heterocycles. The molecule has 1 saturated carbocycles. The van der Waals surface area contributed by atoms with Crippen molar-refractivity contribution in [2.75, 3.05) is 0 Å². The fraction of sp³-hybridized carbons (Fsp3) is 0.486. The first-order valence-corrected chi connectivity index (χ1v) is 14.9. The van der Waals surface area contributed by atoms with E-state index in [9.17, 15) is 15.0 Å². The highest BCUT2D eigenvalue weighted by Gasteiger charge is 2.74. The van der Waals surface area contributed by atoms with Gasteiger partial charge in [0.25, 0.3) is 0 Å². The van der Waals surface area contributed by atoms with Crippen molar-refractivity contribution in [1.29, 1.82) is 0 Å². The number of epoxide rings is 1. The number of esters is 1. The van der Waals surface area contributed by atoms with Gasteiger partial charge in [0.2, 0.25) is 0 Å². The molecule has 0 spiro atoms. The maximum atomic E-state index is 12.5. The molecule has 2 aliphatic carbocycles. The van der Waals surface area contributed by atoms with E-state index in [4.69, 9.17) is 9.47 Å². The second kappa shape index (κ2) is 11.8. The lowest BCUT2D eigenvalue weighted by atomic mass is 9.63. The first-order chi connectivity index (χ1) is 19.6. The molecule has 224 valence electrons. The summed E-state index contributed by atoms with van der Waals surface area (Å²) in [7, 11) is 0. The molecule has 5 heteroatoms. The van der Waals surface area contributed by atoms with Crippen LogP contribution in [0.1, 0.15) is 81.1 Å². The number of cyclic esters (lactones) is 1. The number of fused-ring (bicyclic) bond motifs is 1. The molecular formula is C37H46O5. The molecule has 4 rings (SSSR count). The number of aliphatic hydroxyl groups is 2. The Morgan fingerprint density at radius 2 is 1.67 bits per heavy atom.